The minimum Gasteiger partial charge on any atom is -0.339 e. The molecule has 1 fully saturated rings. The van der Waals surface area contributed by atoms with Gasteiger partial charge in [-0.05, 0) is 37.6 Å². The van der Waals surface area contributed by atoms with Gasteiger partial charge in [0.15, 0.2) is 0 Å². The molecule has 0 aromatic heterocycles. The molecule has 1 aromatic carbocycles. The summed E-state index contributed by atoms with van der Waals surface area (Å²) < 4.78 is 0. The molecule has 1 saturated heterocycles. The van der Waals surface area contributed by atoms with Crippen molar-refractivity contribution in [2.75, 3.05) is 38.0 Å². The van der Waals surface area contributed by atoms with E-state index in [1.807, 2.05) is 16.7 Å². The molecule has 0 saturated carbocycles. The van der Waals surface area contributed by atoms with E-state index in [9.17, 15) is 9.59 Å². The van der Waals surface area contributed by atoms with Crippen molar-refractivity contribution in [2.45, 2.75) is 32.2 Å². The van der Waals surface area contributed by atoms with Gasteiger partial charge in [-0.2, -0.15) is 0 Å². The molecule has 2 rings (SSSR count). The van der Waals surface area contributed by atoms with Crippen molar-refractivity contribution in [3.8, 4) is 0 Å². The van der Waals surface area contributed by atoms with E-state index in [1.165, 1.54) is 0 Å². The predicted molar refractivity (Wildman–Crippen MR) is 108 cm³/mol. The zero-order valence-corrected chi connectivity index (χ0v) is 16.9. The quantitative estimate of drug-likeness (QED) is 0.765. The number of nitrogens with two attached hydrogens (primary N) is 1. The highest BCUT2D eigenvalue weighted by Crippen LogP contribution is 2.15. The van der Waals surface area contributed by atoms with E-state index in [4.69, 9.17) is 17.3 Å². The fourth-order valence-corrected chi connectivity index (χ4v) is 3.16. The SMILES string of the molecule is CCCC(C)(N)C(=O)N1CCN(CC(=O)Nc2ccc(Cl)cc2)CC1.Cl. The lowest BCUT2D eigenvalue weighted by Crippen LogP contribution is -2.58. The van der Waals surface area contributed by atoms with Crippen molar-refractivity contribution in [3.63, 3.8) is 0 Å². The van der Waals surface area contributed by atoms with E-state index >= 15 is 0 Å². The number of carbonyl (C=O) groups is 2. The van der Waals surface area contributed by atoms with Crippen LogP contribution in [-0.4, -0.2) is 59.9 Å². The summed E-state index contributed by atoms with van der Waals surface area (Å²) in [7, 11) is 0. The largest absolute Gasteiger partial charge is 0.339 e. The molecule has 26 heavy (non-hydrogen) atoms. The van der Waals surface area contributed by atoms with E-state index in [1.54, 1.807) is 31.2 Å². The number of amides is 2. The average molecular weight is 403 g/mol. The smallest absolute Gasteiger partial charge is 0.242 e. The molecule has 1 unspecified atom stereocenters. The molecular weight excluding hydrogens is 375 g/mol. The number of halogens is 2. The van der Waals surface area contributed by atoms with Crippen LogP contribution >= 0.6 is 24.0 Å². The van der Waals surface area contributed by atoms with Gasteiger partial charge in [0, 0.05) is 36.9 Å². The summed E-state index contributed by atoms with van der Waals surface area (Å²) in [5.74, 6) is -0.0728. The maximum Gasteiger partial charge on any atom is 0.242 e. The van der Waals surface area contributed by atoms with Gasteiger partial charge in [0.1, 0.15) is 0 Å². The van der Waals surface area contributed by atoms with E-state index in [2.05, 4.69) is 5.32 Å². The Labute approximate surface area is 166 Å². The van der Waals surface area contributed by atoms with Crippen LogP contribution in [0.4, 0.5) is 5.69 Å². The molecule has 1 heterocycles. The second kappa shape index (κ2) is 10.1. The lowest BCUT2D eigenvalue weighted by Gasteiger charge is -2.38. The van der Waals surface area contributed by atoms with Crippen molar-refractivity contribution >= 4 is 41.5 Å². The standard InChI is InChI=1S/C18H27ClN4O2.ClH/c1-3-8-18(2,20)17(25)23-11-9-22(10-12-23)13-16(24)21-15-6-4-14(19)5-7-15;/h4-7H,3,8-13,20H2,1-2H3,(H,21,24);1H. The molecule has 1 aromatic rings. The molecule has 2 amide bonds. The molecule has 6 nitrogen and oxygen atoms in total. The molecule has 0 bridgehead atoms. The zero-order valence-electron chi connectivity index (χ0n) is 15.3. The summed E-state index contributed by atoms with van der Waals surface area (Å²) in [5, 5.41) is 3.48. The van der Waals surface area contributed by atoms with Crippen molar-refractivity contribution in [1.29, 1.82) is 0 Å². The van der Waals surface area contributed by atoms with Crippen LogP contribution in [0.3, 0.4) is 0 Å². The van der Waals surface area contributed by atoms with Gasteiger partial charge in [-0.25, -0.2) is 0 Å². The summed E-state index contributed by atoms with van der Waals surface area (Å²) in [6.45, 7) is 6.66. The maximum absolute atomic E-state index is 12.5. The summed E-state index contributed by atoms with van der Waals surface area (Å²) in [4.78, 5) is 28.5. The summed E-state index contributed by atoms with van der Waals surface area (Å²) >= 11 is 5.83. The topological polar surface area (TPSA) is 78.7 Å². The summed E-state index contributed by atoms with van der Waals surface area (Å²) in [6.07, 6.45) is 1.55. The Morgan fingerprint density at radius 1 is 1.19 bits per heavy atom. The van der Waals surface area contributed by atoms with Crippen LogP contribution in [0.5, 0.6) is 0 Å². The fraction of sp³-hybridized carbons (Fsp3) is 0.556. The van der Waals surface area contributed by atoms with Gasteiger partial charge in [-0.15, -0.1) is 12.4 Å². The number of benzene rings is 1. The van der Waals surface area contributed by atoms with Crippen molar-refractivity contribution in [2.24, 2.45) is 5.73 Å². The lowest BCUT2D eigenvalue weighted by atomic mass is 9.95. The first-order valence-corrected chi connectivity index (χ1v) is 9.05. The monoisotopic (exact) mass is 402 g/mol. The Morgan fingerprint density at radius 3 is 2.31 bits per heavy atom. The number of anilines is 1. The third kappa shape index (κ3) is 6.43. The van der Waals surface area contributed by atoms with Gasteiger partial charge in [-0.3, -0.25) is 14.5 Å². The van der Waals surface area contributed by atoms with Crippen molar-refractivity contribution in [1.82, 2.24) is 9.80 Å². The van der Waals surface area contributed by atoms with Crippen molar-refractivity contribution in [3.05, 3.63) is 29.3 Å². The average Bonchev–Trinajstić information content (AvgIpc) is 2.57. The molecule has 0 spiro atoms. The normalized spacial score (nSPS) is 17.2. The molecule has 146 valence electrons. The van der Waals surface area contributed by atoms with E-state index in [-0.39, 0.29) is 24.2 Å². The summed E-state index contributed by atoms with van der Waals surface area (Å²) in [5.41, 5.74) is 6.06. The first kappa shape index (κ1) is 22.7. The van der Waals surface area contributed by atoms with Gasteiger partial charge in [0.2, 0.25) is 11.8 Å². The third-order valence-corrected chi connectivity index (χ3v) is 4.66. The van der Waals surface area contributed by atoms with E-state index < -0.39 is 5.54 Å². The minimum absolute atomic E-state index is 0. The second-order valence-electron chi connectivity index (χ2n) is 6.79. The Kier molecular flexibility index (Phi) is 8.83. The summed E-state index contributed by atoms with van der Waals surface area (Å²) in [6, 6.07) is 7.02. The Balaban J connectivity index is 0.00000338. The molecule has 1 aliphatic heterocycles. The fourth-order valence-electron chi connectivity index (χ4n) is 3.03. The van der Waals surface area contributed by atoms with Gasteiger partial charge in [-0.1, -0.05) is 24.9 Å². The molecule has 1 atom stereocenters. The first-order chi connectivity index (χ1) is 11.8. The lowest BCUT2D eigenvalue weighted by molar-refractivity contribution is -0.138. The molecule has 0 radical (unpaired) electrons. The number of hydrogen-bond acceptors (Lipinski definition) is 4. The first-order valence-electron chi connectivity index (χ1n) is 8.68. The third-order valence-electron chi connectivity index (χ3n) is 4.41. The van der Waals surface area contributed by atoms with Crippen LogP contribution in [0, 0.1) is 0 Å². The number of rotatable bonds is 6. The zero-order chi connectivity index (χ0) is 18.4. The van der Waals surface area contributed by atoms with Gasteiger partial charge < -0.3 is 16.0 Å². The Bertz CT molecular complexity index is 600. The second-order valence-corrected chi connectivity index (χ2v) is 7.23. The minimum atomic E-state index is -0.803. The number of hydrogen-bond donors (Lipinski definition) is 2. The number of carbonyl (C=O) groups excluding carboxylic acids is 2. The van der Waals surface area contributed by atoms with E-state index in [0.29, 0.717) is 44.2 Å². The highest BCUT2D eigenvalue weighted by Gasteiger charge is 2.33. The predicted octanol–water partition coefficient (Wildman–Crippen LogP) is 2.36. The van der Waals surface area contributed by atoms with Crippen LogP contribution in [0.1, 0.15) is 26.7 Å². The Hall–Kier alpha value is -1.34. The molecule has 3 N–H and O–H groups in total. The van der Waals surface area contributed by atoms with Crippen molar-refractivity contribution < 1.29 is 9.59 Å². The maximum atomic E-state index is 12.5. The highest BCUT2D eigenvalue weighted by molar-refractivity contribution is 6.30. The molecule has 8 heteroatoms. The molecular formula is C18H28Cl2N4O2. The van der Waals surface area contributed by atoms with Crippen LogP contribution in [-0.2, 0) is 9.59 Å². The van der Waals surface area contributed by atoms with Crippen LogP contribution < -0.4 is 11.1 Å². The molecule has 0 aliphatic carbocycles. The number of nitrogens with zero attached hydrogens (tertiary/aromatic N) is 2. The highest BCUT2D eigenvalue weighted by atomic mass is 35.5. The molecule has 1 aliphatic rings. The van der Waals surface area contributed by atoms with Gasteiger partial charge >= 0.3 is 0 Å². The van der Waals surface area contributed by atoms with Gasteiger partial charge in [0.05, 0.1) is 12.1 Å². The van der Waals surface area contributed by atoms with E-state index in [0.717, 1.165) is 12.1 Å². The van der Waals surface area contributed by atoms with Crippen LogP contribution in [0.25, 0.3) is 0 Å². The van der Waals surface area contributed by atoms with Gasteiger partial charge in [0.25, 0.3) is 0 Å². The number of nitrogens with one attached hydrogen (secondary N) is 1. The number of piperazine rings is 1. The Morgan fingerprint density at radius 2 is 1.77 bits per heavy atom. The van der Waals surface area contributed by atoms with Crippen LogP contribution in [0.15, 0.2) is 24.3 Å². The van der Waals surface area contributed by atoms with Crippen LogP contribution in [0.2, 0.25) is 5.02 Å².